The highest BCUT2D eigenvalue weighted by Crippen LogP contribution is 2.22. The predicted octanol–water partition coefficient (Wildman–Crippen LogP) is 2.29. The molecule has 0 N–H and O–H groups in total. The molecule has 1 saturated heterocycles. The predicted molar refractivity (Wildman–Crippen MR) is 84.6 cm³/mol. The van der Waals surface area contributed by atoms with Crippen molar-refractivity contribution in [1.82, 2.24) is 15.0 Å². The van der Waals surface area contributed by atoms with Crippen LogP contribution in [0.3, 0.4) is 0 Å². The molecule has 0 aromatic carbocycles. The summed E-state index contributed by atoms with van der Waals surface area (Å²) < 4.78 is 0. The van der Waals surface area contributed by atoms with E-state index >= 15 is 0 Å². The Hall–Kier alpha value is -2.17. The molecular weight excluding hydrogens is 262 g/mol. The molecule has 1 aliphatic heterocycles. The largest absolute Gasteiger partial charge is 0.357 e. The van der Waals surface area contributed by atoms with Crippen molar-refractivity contribution in [1.29, 1.82) is 0 Å². The normalized spacial score (nSPS) is 16.0. The summed E-state index contributed by atoms with van der Waals surface area (Å²) in [5, 5.41) is 0. The van der Waals surface area contributed by atoms with E-state index < -0.39 is 0 Å². The van der Waals surface area contributed by atoms with Crippen LogP contribution < -0.4 is 9.80 Å². The highest BCUT2D eigenvalue weighted by molar-refractivity contribution is 5.41. The van der Waals surface area contributed by atoms with Crippen molar-refractivity contribution < 1.29 is 0 Å². The monoisotopic (exact) mass is 283 g/mol. The first kappa shape index (κ1) is 13.8. The van der Waals surface area contributed by atoms with Crippen molar-refractivity contribution in [2.75, 3.05) is 29.9 Å². The summed E-state index contributed by atoms with van der Waals surface area (Å²) in [5.74, 6) is 1.90. The van der Waals surface area contributed by atoms with E-state index in [1.165, 1.54) is 5.56 Å². The lowest BCUT2D eigenvalue weighted by Crippen LogP contribution is -2.44. The van der Waals surface area contributed by atoms with Crippen molar-refractivity contribution in [3.63, 3.8) is 0 Å². The molecule has 0 aliphatic carbocycles. The van der Waals surface area contributed by atoms with E-state index in [0.717, 1.165) is 37.7 Å². The first-order valence-corrected chi connectivity index (χ1v) is 7.41. The quantitative estimate of drug-likeness (QED) is 0.865. The minimum atomic E-state index is 0.527. The van der Waals surface area contributed by atoms with Crippen molar-refractivity contribution in [3.05, 3.63) is 42.4 Å². The molecule has 0 saturated carbocycles. The minimum absolute atomic E-state index is 0.527. The van der Waals surface area contributed by atoms with Crippen LogP contribution in [0.5, 0.6) is 0 Å². The van der Waals surface area contributed by atoms with Crippen LogP contribution in [0.4, 0.5) is 11.8 Å². The number of piperidine rings is 1. The van der Waals surface area contributed by atoms with Crippen LogP contribution in [0.1, 0.15) is 18.4 Å². The number of pyridine rings is 1. The topological polar surface area (TPSA) is 45.2 Å². The highest BCUT2D eigenvalue weighted by Gasteiger charge is 2.24. The van der Waals surface area contributed by atoms with Gasteiger partial charge in [0, 0.05) is 44.8 Å². The molecule has 3 heterocycles. The Balaban J connectivity index is 1.63. The molecule has 5 heteroatoms. The SMILES string of the molecule is Cc1ccnc(N(C)C2CCN(c3ncccn3)CC2)c1. The number of hydrogen-bond donors (Lipinski definition) is 0. The Morgan fingerprint density at radius 2 is 1.81 bits per heavy atom. The van der Waals surface area contributed by atoms with Crippen LogP contribution >= 0.6 is 0 Å². The standard InChI is InChI=1S/C16H21N5/c1-13-4-9-17-15(12-13)20(2)14-5-10-21(11-6-14)16-18-7-3-8-19-16/h3-4,7-9,12,14H,5-6,10-11H2,1-2H3. The summed E-state index contributed by atoms with van der Waals surface area (Å²) in [6.45, 7) is 4.09. The number of anilines is 2. The average Bonchev–Trinajstić information content (AvgIpc) is 2.55. The van der Waals surface area contributed by atoms with Gasteiger partial charge in [0.15, 0.2) is 0 Å². The second-order valence-corrected chi connectivity index (χ2v) is 5.57. The van der Waals surface area contributed by atoms with Crippen LogP contribution in [-0.4, -0.2) is 41.1 Å². The van der Waals surface area contributed by atoms with Gasteiger partial charge in [-0.15, -0.1) is 0 Å². The van der Waals surface area contributed by atoms with Gasteiger partial charge in [0.1, 0.15) is 5.82 Å². The second-order valence-electron chi connectivity index (χ2n) is 5.57. The lowest BCUT2D eigenvalue weighted by atomic mass is 10.0. The maximum absolute atomic E-state index is 4.48. The zero-order valence-corrected chi connectivity index (χ0v) is 12.6. The maximum atomic E-state index is 4.48. The fourth-order valence-electron chi connectivity index (χ4n) is 2.81. The summed E-state index contributed by atoms with van der Waals surface area (Å²) in [5.41, 5.74) is 1.25. The zero-order chi connectivity index (χ0) is 14.7. The highest BCUT2D eigenvalue weighted by atomic mass is 15.3. The number of aromatic nitrogens is 3. The fraction of sp³-hybridized carbons (Fsp3) is 0.438. The lowest BCUT2D eigenvalue weighted by molar-refractivity contribution is 0.475. The number of aryl methyl sites for hydroxylation is 1. The molecule has 0 amide bonds. The summed E-state index contributed by atoms with van der Waals surface area (Å²) >= 11 is 0. The van der Waals surface area contributed by atoms with Crippen molar-refractivity contribution in [2.24, 2.45) is 0 Å². The van der Waals surface area contributed by atoms with E-state index in [9.17, 15) is 0 Å². The van der Waals surface area contributed by atoms with E-state index in [-0.39, 0.29) is 0 Å². The van der Waals surface area contributed by atoms with Crippen LogP contribution in [-0.2, 0) is 0 Å². The van der Waals surface area contributed by atoms with E-state index in [4.69, 9.17) is 0 Å². The molecule has 1 aliphatic rings. The molecule has 2 aromatic heterocycles. The minimum Gasteiger partial charge on any atom is -0.357 e. The molecule has 0 unspecified atom stereocenters. The van der Waals surface area contributed by atoms with E-state index in [1.54, 1.807) is 12.4 Å². The molecule has 5 nitrogen and oxygen atoms in total. The third kappa shape index (κ3) is 3.12. The number of nitrogens with zero attached hydrogens (tertiary/aromatic N) is 5. The molecule has 0 radical (unpaired) electrons. The summed E-state index contributed by atoms with van der Waals surface area (Å²) in [6.07, 6.45) is 7.69. The van der Waals surface area contributed by atoms with Gasteiger partial charge >= 0.3 is 0 Å². The molecule has 21 heavy (non-hydrogen) atoms. The van der Waals surface area contributed by atoms with Crippen molar-refractivity contribution in [3.8, 4) is 0 Å². The smallest absolute Gasteiger partial charge is 0.225 e. The molecule has 1 fully saturated rings. The summed E-state index contributed by atoms with van der Waals surface area (Å²) in [6, 6.07) is 6.56. The Kier molecular flexibility index (Phi) is 3.99. The third-order valence-corrected chi connectivity index (χ3v) is 4.11. The van der Waals surface area contributed by atoms with Gasteiger partial charge in [-0.3, -0.25) is 0 Å². The lowest BCUT2D eigenvalue weighted by Gasteiger charge is -2.37. The van der Waals surface area contributed by atoms with Crippen molar-refractivity contribution >= 4 is 11.8 Å². The molecule has 2 aromatic rings. The van der Waals surface area contributed by atoms with Gasteiger partial charge in [-0.2, -0.15) is 0 Å². The van der Waals surface area contributed by atoms with E-state index in [1.807, 2.05) is 18.3 Å². The van der Waals surface area contributed by atoms with Crippen LogP contribution in [0.2, 0.25) is 0 Å². The molecule has 3 rings (SSSR count). The number of hydrogen-bond acceptors (Lipinski definition) is 5. The van der Waals surface area contributed by atoms with Gasteiger partial charge in [-0.1, -0.05) is 0 Å². The molecule has 0 spiro atoms. The molecule has 110 valence electrons. The van der Waals surface area contributed by atoms with Gasteiger partial charge in [0.2, 0.25) is 5.95 Å². The summed E-state index contributed by atoms with van der Waals surface area (Å²) in [4.78, 5) is 17.7. The first-order chi connectivity index (χ1) is 10.2. The van der Waals surface area contributed by atoms with Crippen LogP contribution in [0.15, 0.2) is 36.8 Å². The maximum Gasteiger partial charge on any atom is 0.225 e. The first-order valence-electron chi connectivity index (χ1n) is 7.41. The van der Waals surface area contributed by atoms with Gasteiger partial charge in [0.25, 0.3) is 0 Å². The van der Waals surface area contributed by atoms with Gasteiger partial charge in [-0.05, 0) is 43.5 Å². The summed E-state index contributed by atoms with van der Waals surface area (Å²) in [7, 11) is 2.14. The zero-order valence-electron chi connectivity index (χ0n) is 12.6. The Morgan fingerprint density at radius 3 is 2.48 bits per heavy atom. The molecule has 0 bridgehead atoms. The second kappa shape index (κ2) is 6.08. The van der Waals surface area contributed by atoms with Gasteiger partial charge in [-0.25, -0.2) is 15.0 Å². The number of rotatable bonds is 3. The van der Waals surface area contributed by atoms with Crippen molar-refractivity contribution in [2.45, 2.75) is 25.8 Å². The Bertz CT molecular complexity index is 578. The molecular formula is C16H21N5. The van der Waals surface area contributed by atoms with E-state index in [0.29, 0.717) is 6.04 Å². The third-order valence-electron chi connectivity index (χ3n) is 4.11. The van der Waals surface area contributed by atoms with E-state index in [2.05, 4.69) is 44.8 Å². The fourth-order valence-corrected chi connectivity index (χ4v) is 2.81. The molecule has 0 atom stereocenters. The Labute approximate surface area is 125 Å². The van der Waals surface area contributed by atoms with Gasteiger partial charge < -0.3 is 9.80 Å². The average molecular weight is 283 g/mol. The van der Waals surface area contributed by atoms with Crippen LogP contribution in [0.25, 0.3) is 0 Å². The van der Waals surface area contributed by atoms with Crippen LogP contribution in [0, 0.1) is 6.92 Å². The Morgan fingerprint density at radius 1 is 1.10 bits per heavy atom. The van der Waals surface area contributed by atoms with Gasteiger partial charge in [0.05, 0.1) is 0 Å².